The highest BCUT2D eigenvalue weighted by Crippen LogP contribution is 2.17. The summed E-state index contributed by atoms with van der Waals surface area (Å²) in [6.07, 6.45) is 0.117. The molecule has 0 bridgehead atoms. The minimum Gasteiger partial charge on any atom is -0.491 e. The van der Waals surface area contributed by atoms with Crippen LogP contribution >= 0.6 is 0 Å². The van der Waals surface area contributed by atoms with Gasteiger partial charge in [-0.3, -0.25) is 9.59 Å². The van der Waals surface area contributed by atoms with E-state index in [9.17, 15) is 9.59 Å². The zero-order chi connectivity index (χ0) is 22.2. The number of ether oxygens (including phenoxy) is 1. The normalized spacial score (nSPS) is 10.5. The van der Waals surface area contributed by atoms with Crippen LogP contribution in [0.1, 0.15) is 29.8 Å². The van der Waals surface area contributed by atoms with E-state index in [1.54, 1.807) is 30.3 Å². The zero-order valence-corrected chi connectivity index (χ0v) is 17.9. The highest BCUT2D eigenvalue weighted by Gasteiger charge is 2.07. The second-order valence-electron chi connectivity index (χ2n) is 7.49. The molecule has 160 valence electrons. The van der Waals surface area contributed by atoms with E-state index in [1.165, 1.54) is 0 Å². The van der Waals surface area contributed by atoms with Gasteiger partial charge in [0.2, 0.25) is 5.91 Å². The van der Waals surface area contributed by atoms with E-state index in [0.29, 0.717) is 16.9 Å². The second kappa shape index (κ2) is 10.3. The van der Waals surface area contributed by atoms with Gasteiger partial charge in [-0.25, -0.2) is 0 Å². The van der Waals surface area contributed by atoms with E-state index in [2.05, 4.69) is 16.0 Å². The Balaban J connectivity index is 1.48. The summed E-state index contributed by atoms with van der Waals surface area (Å²) in [5.74, 6) is 0.452. The van der Waals surface area contributed by atoms with Gasteiger partial charge < -0.3 is 20.7 Å². The van der Waals surface area contributed by atoms with Crippen LogP contribution in [0.25, 0.3) is 0 Å². The van der Waals surface area contributed by atoms with Crippen molar-refractivity contribution >= 4 is 28.9 Å². The Bertz CT molecular complexity index is 1030. The minimum absolute atomic E-state index is 0.117. The Hall–Kier alpha value is -3.80. The Kier molecular flexibility index (Phi) is 7.27. The van der Waals surface area contributed by atoms with Gasteiger partial charge in [0.05, 0.1) is 12.6 Å². The maximum absolute atomic E-state index is 12.3. The van der Waals surface area contributed by atoms with Crippen LogP contribution in [-0.2, 0) is 4.79 Å². The molecule has 31 heavy (non-hydrogen) atoms. The number of nitrogens with one attached hydrogen (secondary N) is 3. The summed E-state index contributed by atoms with van der Waals surface area (Å²) in [6.45, 7) is 6.03. The van der Waals surface area contributed by atoms with Crippen molar-refractivity contribution in [2.45, 2.75) is 26.9 Å². The van der Waals surface area contributed by atoms with Crippen molar-refractivity contribution in [2.24, 2.45) is 0 Å². The van der Waals surface area contributed by atoms with Gasteiger partial charge in [-0.05, 0) is 81.4 Å². The molecule has 3 aromatic rings. The lowest BCUT2D eigenvalue weighted by Gasteiger charge is -2.11. The first-order valence-corrected chi connectivity index (χ1v) is 10.2. The number of amides is 2. The number of hydrogen-bond acceptors (Lipinski definition) is 4. The molecule has 6 heteroatoms. The average Bonchev–Trinajstić information content (AvgIpc) is 2.74. The molecule has 6 nitrogen and oxygen atoms in total. The highest BCUT2D eigenvalue weighted by molar-refractivity contribution is 6.04. The molecule has 0 atom stereocenters. The van der Waals surface area contributed by atoms with Gasteiger partial charge in [-0.2, -0.15) is 0 Å². The summed E-state index contributed by atoms with van der Waals surface area (Å²) in [5, 5.41) is 8.77. The number of hydrogen-bond donors (Lipinski definition) is 3. The lowest BCUT2D eigenvalue weighted by atomic mass is 10.1. The lowest BCUT2D eigenvalue weighted by molar-refractivity contribution is -0.114. The number of carbonyl (C=O) groups excluding carboxylic acids is 2. The second-order valence-corrected chi connectivity index (χ2v) is 7.49. The summed E-state index contributed by atoms with van der Waals surface area (Å²) in [6, 6.07) is 21.9. The van der Waals surface area contributed by atoms with Crippen molar-refractivity contribution in [2.75, 3.05) is 22.5 Å². The van der Waals surface area contributed by atoms with Crippen LogP contribution in [0.15, 0.2) is 72.8 Å². The maximum Gasteiger partial charge on any atom is 0.255 e. The van der Waals surface area contributed by atoms with Crippen LogP contribution in [-0.4, -0.2) is 24.5 Å². The number of carbonyl (C=O) groups is 2. The Labute approximate surface area is 182 Å². The molecule has 3 rings (SSSR count). The predicted molar refractivity (Wildman–Crippen MR) is 125 cm³/mol. The van der Waals surface area contributed by atoms with E-state index < -0.39 is 0 Å². The van der Waals surface area contributed by atoms with Crippen molar-refractivity contribution in [3.8, 4) is 5.75 Å². The third-order valence-corrected chi connectivity index (χ3v) is 4.39. The summed E-state index contributed by atoms with van der Waals surface area (Å²) in [4.78, 5) is 24.5. The van der Waals surface area contributed by atoms with Gasteiger partial charge in [0.15, 0.2) is 0 Å². The number of anilines is 3. The molecule has 0 heterocycles. The van der Waals surface area contributed by atoms with Crippen molar-refractivity contribution in [3.63, 3.8) is 0 Å². The zero-order valence-electron chi connectivity index (χ0n) is 17.9. The molecule has 0 unspecified atom stereocenters. The molecule has 3 N–H and O–H groups in total. The number of aryl methyl sites for hydroxylation is 1. The average molecular weight is 418 g/mol. The van der Waals surface area contributed by atoms with Crippen molar-refractivity contribution in [3.05, 3.63) is 83.9 Å². The van der Waals surface area contributed by atoms with Crippen LogP contribution in [0.2, 0.25) is 0 Å². The SMILES string of the molecule is Cc1cccc(C(=O)Nc2ccc(NC(=O)CNc3ccc(OC(C)C)cc3)cc2)c1. The van der Waals surface area contributed by atoms with Gasteiger partial charge >= 0.3 is 0 Å². The van der Waals surface area contributed by atoms with Crippen molar-refractivity contribution in [1.82, 2.24) is 0 Å². The van der Waals surface area contributed by atoms with E-state index in [1.807, 2.05) is 63.2 Å². The monoisotopic (exact) mass is 417 g/mol. The number of benzene rings is 3. The largest absolute Gasteiger partial charge is 0.491 e. The van der Waals surface area contributed by atoms with Gasteiger partial charge in [0.25, 0.3) is 5.91 Å². The van der Waals surface area contributed by atoms with Gasteiger partial charge in [0, 0.05) is 22.6 Å². The molecule has 0 aliphatic heterocycles. The smallest absolute Gasteiger partial charge is 0.255 e. The van der Waals surface area contributed by atoms with Gasteiger partial charge in [0.1, 0.15) is 5.75 Å². The summed E-state index contributed by atoms with van der Waals surface area (Å²) in [5.41, 5.74) is 3.78. The van der Waals surface area contributed by atoms with Gasteiger partial charge in [-0.15, -0.1) is 0 Å². The standard InChI is InChI=1S/C25H27N3O3/c1-17(2)31-23-13-11-20(12-14-23)26-16-24(29)27-21-7-9-22(10-8-21)28-25(30)19-6-4-5-18(3)15-19/h4-15,17,26H,16H2,1-3H3,(H,27,29)(H,28,30). The first kappa shape index (κ1) is 21.9. The van der Waals surface area contributed by atoms with E-state index in [0.717, 1.165) is 17.0 Å². The maximum atomic E-state index is 12.3. The fourth-order valence-electron chi connectivity index (χ4n) is 2.94. The molecule has 0 spiro atoms. The van der Waals surface area contributed by atoms with Crippen molar-refractivity contribution in [1.29, 1.82) is 0 Å². The molecule has 0 aliphatic carbocycles. The molecule has 0 aliphatic rings. The fourth-order valence-corrected chi connectivity index (χ4v) is 2.94. The highest BCUT2D eigenvalue weighted by atomic mass is 16.5. The number of rotatable bonds is 8. The first-order chi connectivity index (χ1) is 14.9. The minimum atomic E-state index is -0.172. The predicted octanol–water partition coefficient (Wildman–Crippen LogP) is 5.09. The summed E-state index contributed by atoms with van der Waals surface area (Å²) >= 11 is 0. The Morgan fingerprint density at radius 3 is 2.06 bits per heavy atom. The summed E-state index contributed by atoms with van der Waals surface area (Å²) < 4.78 is 5.60. The molecule has 0 saturated heterocycles. The molecular formula is C25H27N3O3. The van der Waals surface area contributed by atoms with Gasteiger partial charge in [-0.1, -0.05) is 17.7 Å². The molecule has 3 aromatic carbocycles. The van der Waals surface area contributed by atoms with E-state index in [4.69, 9.17) is 4.74 Å². The van der Waals surface area contributed by atoms with E-state index in [-0.39, 0.29) is 24.5 Å². The van der Waals surface area contributed by atoms with Crippen LogP contribution in [0, 0.1) is 6.92 Å². The molecule has 0 radical (unpaired) electrons. The van der Waals surface area contributed by atoms with E-state index >= 15 is 0 Å². The molecule has 0 fully saturated rings. The molecule has 0 aromatic heterocycles. The summed E-state index contributed by atoms with van der Waals surface area (Å²) in [7, 11) is 0. The quantitative estimate of drug-likeness (QED) is 0.477. The Morgan fingerprint density at radius 1 is 0.839 bits per heavy atom. The van der Waals surface area contributed by atoms with Crippen LogP contribution in [0.4, 0.5) is 17.1 Å². The van der Waals surface area contributed by atoms with Crippen LogP contribution < -0.4 is 20.7 Å². The van der Waals surface area contributed by atoms with Crippen molar-refractivity contribution < 1.29 is 14.3 Å². The molecule has 0 saturated carbocycles. The van der Waals surface area contributed by atoms with Crippen LogP contribution in [0.3, 0.4) is 0 Å². The lowest BCUT2D eigenvalue weighted by Crippen LogP contribution is -2.21. The topological polar surface area (TPSA) is 79.5 Å². The van der Waals surface area contributed by atoms with Crippen LogP contribution in [0.5, 0.6) is 5.75 Å². The Morgan fingerprint density at radius 2 is 1.45 bits per heavy atom. The third-order valence-electron chi connectivity index (χ3n) is 4.39. The first-order valence-electron chi connectivity index (χ1n) is 10.2. The molecule has 2 amide bonds. The fraction of sp³-hybridized carbons (Fsp3) is 0.200. The molecular weight excluding hydrogens is 390 g/mol. The third kappa shape index (κ3) is 6.89.